The Balaban J connectivity index is 1.48. The Labute approximate surface area is 323 Å². The molecule has 1 aliphatic heterocycles. The Kier molecular flexibility index (Phi) is 13.8. The van der Waals surface area contributed by atoms with Crippen LogP contribution in [0.25, 0.3) is 11.1 Å². The van der Waals surface area contributed by atoms with Gasteiger partial charge in [0.1, 0.15) is 17.9 Å². The van der Waals surface area contributed by atoms with Crippen LogP contribution in [-0.4, -0.2) is 110 Å². The molecule has 2 bridgehead atoms. The number of rotatable bonds is 17. The number of aliphatic hydroxyl groups is 2. The number of para-hydroxylation sites is 1. The molecule has 2 aromatic rings. The van der Waals surface area contributed by atoms with Crippen LogP contribution in [0.5, 0.6) is 5.75 Å². The van der Waals surface area contributed by atoms with E-state index in [2.05, 4.69) is 68.0 Å². The second kappa shape index (κ2) is 17.7. The maximum absolute atomic E-state index is 14.3. The number of hydrogen-bond acceptors (Lipinski definition) is 9. The van der Waals surface area contributed by atoms with E-state index in [0.717, 1.165) is 61.3 Å². The summed E-state index contributed by atoms with van der Waals surface area (Å²) in [6, 6.07) is 11.1. The summed E-state index contributed by atoms with van der Waals surface area (Å²) in [6.45, 7) is 17.1. The van der Waals surface area contributed by atoms with Gasteiger partial charge in [0, 0.05) is 60.0 Å². The summed E-state index contributed by atoms with van der Waals surface area (Å²) >= 11 is 0. The first-order valence-corrected chi connectivity index (χ1v) is 20.2. The van der Waals surface area contributed by atoms with Crippen LogP contribution in [0.1, 0.15) is 90.1 Å². The molecule has 3 saturated carbocycles. The maximum atomic E-state index is 14.3. The number of fused-ring (bicyclic) bond motifs is 2. The van der Waals surface area contributed by atoms with Gasteiger partial charge in [-0.1, -0.05) is 52.3 Å². The van der Waals surface area contributed by atoms with Crippen molar-refractivity contribution in [3.63, 3.8) is 0 Å². The molecule has 4 fully saturated rings. The molecule has 54 heavy (non-hydrogen) atoms. The topological polar surface area (TPSA) is 127 Å². The number of carbonyl (C=O) groups is 2. The molecule has 0 spiro atoms. The van der Waals surface area contributed by atoms with E-state index in [1.54, 1.807) is 19.1 Å². The molecule has 1 heterocycles. The van der Waals surface area contributed by atoms with Gasteiger partial charge in [-0.05, 0) is 101 Å². The van der Waals surface area contributed by atoms with Gasteiger partial charge in [-0.25, -0.2) is 0 Å². The zero-order valence-electron chi connectivity index (χ0n) is 34.4. The number of nitrogens with one attached hydrogen (secondary N) is 2. The number of hydroxylamine groups is 2. The highest BCUT2D eigenvalue weighted by molar-refractivity contribution is 5.97. The fourth-order valence-corrected chi connectivity index (χ4v) is 9.77. The van der Waals surface area contributed by atoms with Crippen molar-refractivity contribution in [3.05, 3.63) is 47.5 Å². The van der Waals surface area contributed by atoms with Crippen molar-refractivity contribution in [1.29, 1.82) is 0 Å². The summed E-state index contributed by atoms with van der Waals surface area (Å²) in [5.41, 5.74) is 4.22. The summed E-state index contributed by atoms with van der Waals surface area (Å²) in [5.74, 6) is 1.13. The van der Waals surface area contributed by atoms with Crippen molar-refractivity contribution in [2.24, 2.45) is 29.1 Å². The molecule has 6 rings (SSSR count). The van der Waals surface area contributed by atoms with Crippen molar-refractivity contribution < 1.29 is 29.4 Å². The SMILES string of the molecule is CCC[C@@H](CN(C)C)NC(=O)c1cc(-c2cccc(CN3O[C@@H](CO)[C@@H]([C@H](C)O)[C@H]3C(=O)N[C@H]3C[C@H]4C[C@@H]([C@@H]3C)C4(C)C)c2OC)cc(N(CC)CC)c1. The molecule has 4 aliphatic rings. The molecule has 2 amide bonds. The zero-order valence-corrected chi connectivity index (χ0v) is 34.4. The van der Waals surface area contributed by atoms with Crippen LogP contribution < -0.4 is 20.3 Å². The van der Waals surface area contributed by atoms with Gasteiger partial charge in [0.15, 0.2) is 0 Å². The molecule has 11 nitrogen and oxygen atoms in total. The molecule has 0 unspecified atom stereocenters. The van der Waals surface area contributed by atoms with Gasteiger partial charge in [0.05, 0.1) is 26.4 Å². The molecule has 0 radical (unpaired) electrons. The van der Waals surface area contributed by atoms with Crippen LogP contribution in [0.2, 0.25) is 0 Å². The van der Waals surface area contributed by atoms with Crippen molar-refractivity contribution in [2.75, 3.05) is 52.3 Å². The monoisotopic (exact) mass is 750 g/mol. The third kappa shape index (κ3) is 8.60. The summed E-state index contributed by atoms with van der Waals surface area (Å²) in [5, 5.41) is 29.6. The van der Waals surface area contributed by atoms with Crippen LogP contribution in [0.3, 0.4) is 0 Å². The summed E-state index contributed by atoms with van der Waals surface area (Å²) in [4.78, 5) is 38.8. The minimum Gasteiger partial charge on any atom is -0.496 e. The van der Waals surface area contributed by atoms with Crippen molar-refractivity contribution in [2.45, 2.75) is 111 Å². The lowest BCUT2D eigenvalue weighted by molar-refractivity contribution is -0.183. The van der Waals surface area contributed by atoms with Crippen LogP contribution >= 0.6 is 0 Å². The molecular formula is C43H67N5O6. The summed E-state index contributed by atoms with van der Waals surface area (Å²) in [7, 11) is 5.66. The molecule has 3 aliphatic carbocycles. The lowest BCUT2D eigenvalue weighted by Gasteiger charge is -2.62. The summed E-state index contributed by atoms with van der Waals surface area (Å²) in [6.07, 6.45) is 2.34. The minimum absolute atomic E-state index is 0.0219. The predicted octanol–water partition coefficient (Wildman–Crippen LogP) is 5.33. The second-order valence-corrected chi connectivity index (χ2v) is 16.9. The Hall–Kier alpha value is -3.22. The molecule has 9 atom stereocenters. The van der Waals surface area contributed by atoms with Crippen LogP contribution in [0, 0.1) is 29.1 Å². The van der Waals surface area contributed by atoms with Gasteiger partial charge < -0.3 is 35.4 Å². The van der Waals surface area contributed by atoms with E-state index in [4.69, 9.17) is 9.57 Å². The molecule has 1 saturated heterocycles. The third-order valence-electron chi connectivity index (χ3n) is 12.9. The molecule has 300 valence electrons. The first kappa shape index (κ1) is 41.9. The maximum Gasteiger partial charge on any atom is 0.251 e. The van der Waals surface area contributed by atoms with E-state index in [9.17, 15) is 19.8 Å². The fourth-order valence-electron chi connectivity index (χ4n) is 9.77. The number of aliphatic hydroxyl groups excluding tert-OH is 2. The van der Waals surface area contributed by atoms with Gasteiger partial charge in [-0.2, -0.15) is 5.06 Å². The van der Waals surface area contributed by atoms with Crippen LogP contribution in [-0.2, 0) is 16.2 Å². The van der Waals surface area contributed by atoms with Gasteiger partial charge in [0.25, 0.3) is 5.91 Å². The van der Waals surface area contributed by atoms with E-state index in [0.29, 0.717) is 29.1 Å². The Morgan fingerprint density at radius 3 is 2.41 bits per heavy atom. The normalized spacial score (nSPS) is 27.2. The first-order chi connectivity index (χ1) is 25.7. The predicted molar refractivity (Wildman–Crippen MR) is 214 cm³/mol. The fraction of sp³-hybridized carbons (Fsp3) is 0.674. The highest BCUT2D eigenvalue weighted by Crippen LogP contribution is 2.61. The van der Waals surface area contributed by atoms with Crippen molar-refractivity contribution >= 4 is 17.5 Å². The highest BCUT2D eigenvalue weighted by atomic mass is 16.7. The van der Waals surface area contributed by atoms with Crippen LogP contribution in [0.4, 0.5) is 5.69 Å². The quantitative estimate of drug-likeness (QED) is 0.170. The summed E-state index contributed by atoms with van der Waals surface area (Å²) < 4.78 is 6.13. The number of carbonyl (C=O) groups excluding carboxylic acids is 2. The van der Waals surface area contributed by atoms with Crippen molar-refractivity contribution in [3.8, 4) is 16.9 Å². The van der Waals surface area contributed by atoms with E-state index in [1.807, 2.05) is 44.4 Å². The van der Waals surface area contributed by atoms with Crippen molar-refractivity contribution in [1.82, 2.24) is 20.6 Å². The molecular weight excluding hydrogens is 683 g/mol. The number of likely N-dealkylation sites (N-methyl/N-ethyl adjacent to an activating group) is 1. The van der Waals surface area contributed by atoms with Gasteiger partial charge in [0.2, 0.25) is 5.91 Å². The molecule has 4 N–H and O–H groups in total. The lowest BCUT2D eigenvalue weighted by atomic mass is 9.45. The lowest BCUT2D eigenvalue weighted by Crippen LogP contribution is -2.62. The number of anilines is 1. The molecule has 0 aromatic heterocycles. The Morgan fingerprint density at radius 1 is 1.11 bits per heavy atom. The number of hydrogen-bond donors (Lipinski definition) is 4. The van der Waals surface area contributed by atoms with E-state index < -0.39 is 24.2 Å². The Morgan fingerprint density at radius 2 is 1.83 bits per heavy atom. The second-order valence-electron chi connectivity index (χ2n) is 16.9. The number of amides is 2. The number of ether oxygens (including phenoxy) is 1. The zero-order chi connectivity index (χ0) is 39.5. The van der Waals surface area contributed by atoms with Gasteiger partial charge in [-0.15, -0.1) is 0 Å². The third-order valence-corrected chi connectivity index (χ3v) is 12.9. The number of benzene rings is 2. The first-order valence-electron chi connectivity index (χ1n) is 20.2. The molecule has 11 heteroatoms. The van der Waals surface area contributed by atoms with E-state index >= 15 is 0 Å². The Bertz CT molecular complexity index is 1590. The van der Waals surface area contributed by atoms with E-state index in [1.165, 1.54) is 6.42 Å². The van der Waals surface area contributed by atoms with E-state index in [-0.39, 0.29) is 42.5 Å². The van der Waals surface area contributed by atoms with Crippen LogP contribution in [0.15, 0.2) is 36.4 Å². The molecule has 2 aromatic carbocycles. The standard InChI is InChI=1S/C43H67N5O6/c1-11-15-32(24-46(8)9)44-41(51)30-18-29(19-33(20-30)47(12-2)13-3)34-17-14-16-28(40(34)53-10)23-48-39(38(27(5)50)37(25-49)54-48)42(52)45-36-22-31-21-35(26(36)4)43(31,6)7/h14,16-20,26-27,31-32,35-39,49-50H,11-13,15,21-25H2,1-10H3,(H,44,51)(H,45,52)/t26-,27-,31+,32-,35-,36-,37-,38+,39-/m0/s1. The number of nitrogens with zero attached hydrogens (tertiary/aromatic N) is 3. The van der Waals surface area contributed by atoms with Gasteiger partial charge in [-0.3, -0.25) is 14.4 Å². The smallest absolute Gasteiger partial charge is 0.251 e. The number of methoxy groups -OCH3 is 1. The minimum atomic E-state index is -0.894. The largest absolute Gasteiger partial charge is 0.496 e. The highest BCUT2D eigenvalue weighted by Gasteiger charge is 2.57. The van der Waals surface area contributed by atoms with Gasteiger partial charge >= 0.3 is 0 Å². The average molecular weight is 750 g/mol. The average Bonchev–Trinajstić information content (AvgIpc) is 3.51.